The smallest absolute Gasteiger partial charge is 0.0345 e. The first-order valence-electron chi connectivity index (χ1n) is 1.12. The van der Waals surface area contributed by atoms with Crippen molar-refractivity contribution in [2.24, 2.45) is 4.52 Å². The second-order valence-corrected chi connectivity index (χ2v) is 1.93. The van der Waals surface area contributed by atoms with Gasteiger partial charge in [-0.15, -0.1) is 0 Å². The summed E-state index contributed by atoms with van der Waals surface area (Å²) in [6.07, 6.45) is 0. The van der Waals surface area contributed by atoms with Crippen LogP contribution >= 0.6 is 17.8 Å². The maximum absolute atomic E-state index is 3.62. The summed E-state index contributed by atoms with van der Waals surface area (Å²) in [5.74, 6) is 1.72. The Morgan fingerprint density at radius 3 is 2.60 bits per heavy atom. The maximum Gasteiger partial charge on any atom is 0.0345 e. The van der Waals surface area contributed by atoms with Gasteiger partial charge >= 0.3 is 0 Å². The van der Waals surface area contributed by atoms with E-state index >= 15 is 0 Å². The van der Waals surface area contributed by atoms with E-state index in [0.29, 0.717) is 0 Å². The first-order valence-corrected chi connectivity index (χ1v) is 2.56. The van der Waals surface area contributed by atoms with Gasteiger partial charge in [-0.05, 0) is 15.2 Å². The Kier molecular flexibility index (Phi) is 4.50. The molecule has 0 aromatic rings. The minimum absolute atomic E-state index is 0.932. The average molecular weight is 105 g/mol. The van der Waals surface area contributed by atoms with Gasteiger partial charge in [0.1, 0.15) is 0 Å². The van der Waals surface area contributed by atoms with Crippen LogP contribution in [0.2, 0.25) is 0 Å². The minimum Gasteiger partial charge on any atom is -0.247 e. The van der Waals surface area contributed by atoms with Crippen molar-refractivity contribution in [1.29, 1.82) is 0 Å². The molecule has 0 rings (SSSR count). The molecular weight excluding hydrogens is 100.0 g/mol. The highest BCUT2D eigenvalue weighted by Crippen LogP contribution is 2.01. The quantitative estimate of drug-likeness (QED) is 0.452. The van der Waals surface area contributed by atoms with Gasteiger partial charge in [0.05, 0.1) is 0 Å². The Morgan fingerprint density at radius 1 is 2.00 bits per heavy atom. The largest absolute Gasteiger partial charge is 0.247 e. The van der Waals surface area contributed by atoms with E-state index in [1.807, 2.05) is 0 Å². The van der Waals surface area contributed by atoms with Crippen LogP contribution in [0, 0.1) is 0 Å². The lowest BCUT2D eigenvalue weighted by atomic mass is 11.3. The molecule has 1 unspecified atom stereocenters. The molecule has 0 heterocycles. The van der Waals surface area contributed by atoms with Crippen molar-refractivity contribution in [3.8, 4) is 0 Å². The van der Waals surface area contributed by atoms with Crippen LogP contribution in [0.1, 0.15) is 0 Å². The third kappa shape index (κ3) is 4.27. The Morgan fingerprint density at radius 2 is 2.60 bits per heavy atom. The van der Waals surface area contributed by atoms with Crippen LogP contribution in [0.5, 0.6) is 0 Å². The summed E-state index contributed by atoms with van der Waals surface area (Å²) in [5.41, 5.74) is 0. The van der Waals surface area contributed by atoms with Crippen LogP contribution < -0.4 is 0 Å². The van der Waals surface area contributed by atoms with Crippen LogP contribution in [0.15, 0.2) is 16.9 Å². The van der Waals surface area contributed by atoms with Crippen LogP contribution in [0.25, 0.3) is 0 Å². The summed E-state index contributed by atoms with van der Waals surface area (Å²) in [6, 6.07) is 0. The van der Waals surface area contributed by atoms with Gasteiger partial charge in [0.25, 0.3) is 0 Å². The molecule has 0 spiro atoms. The highest BCUT2D eigenvalue weighted by Gasteiger charge is 1.43. The Balaban J connectivity index is 2.92. The van der Waals surface area contributed by atoms with Crippen molar-refractivity contribution in [3.05, 3.63) is 12.4 Å². The van der Waals surface area contributed by atoms with E-state index in [2.05, 4.69) is 20.5 Å². The van der Waals surface area contributed by atoms with E-state index in [4.69, 9.17) is 0 Å². The van der Waals surface area contributed by atoms with Gasteiger partial charge in [0.15, 0.2) is 0 Å². The maximum atomic E-state index is 3.62. The zero-order valence-electron chi connectivity index (χ0n) is 2.76. The average Bonchev–Trinajstić information content (AvgIpc) is 1.41. The van der Waals surface area contributed by atoms with Crippen molar-refractivity contribution in [3.63, 3.8) is 0 Å². The molecule has 1 atom stereocenters. The van der Waals surface area contributed by atoms with Crippen LogP contribution in [-0.2, 0) is 0 Å². The lowest BCUT2D eigenvalue weighted by Crippen LogP contribution is -1.06. The monoisotopic (exact) mass is 105 g/mol. The fraction of sp³-hybridized carbons (Fsp3) is 0. The molecule has 5 heavy (non-hydrogen) atoms. The van der Waals surface area contributed by atoms with Crippen molar-refractivity contribution in [2.45, 2.75) is 0 Å². The van der Waals surface area contributed by atoms with Crippen LogP contribution in [0.4, 0.5) is 0 Å². The summed E-state index contributed by atoms with van der Waals surface area (Å²) in [4.78, 5) is 0. The molecule has 0 aliphatic rings. The lowest BCUT2D eigenvalue weighted by molar-refractivity contribution is 2.09. The third-order valence-corrected chi connectivity index (χ3v) is 0.845. The molecule has 0 bridgehead atoms. The molecule has 0 N–H and O–H groups in total. The van der Waals surface area contributed by atoms with Gasteiger partial charge in [-0.2, -0.15) is 0 Å². The number of hydrogen-bond donors (Lipinski definition) is 0. The predicted octanol–water partition coefficient (Wildman–Crippen LogP) is 2.05. The second-order valence-electron chi connectivity index (χ2n) is 0.414. The fourth-order valence-electron chi connectivity index (χ4n) is 0.0471. The zero-order chi connectivity index (χ0) is 4.12. The van der Waals surface area contributed by atoms with E-state index in [1.165, 1.54) is 0 Å². The first kappa shape index (κ1) is 5.27. The first-order chi connectivity index (χ1) is 2.41. The summed E-state index contributed by atoms with van der Waals surface area (Å²) in [5, 5.41) is 0. The molecule has 0 saturated carbocycles. The van der Waals surface area contributed by atoms with Gasteiger partial charge in [-0.1, -0.05) is 6.58 Å². The molecular formula is C2H5NP2. The molecule has 0 aromatic carbocycles. The molecule has 28 valence electrons. The lowest BCUT2D eigenvalue weighted by Gasteiger charge is -1.56. The van der Waals surface area contributed by atoms with E-state index in [0.717, 1.165) is 8.37 Å². The van der Waals surface area contributed by atoms with Crippen molar-refractivity contribution >= 4 is 17.8 Å². The molecule has 0 saturated heterocycles. The van der Waals surface area contributed by atoms with Crippen LogP contribution in [0.3, 0.4) is 0 Å². The Labute approximate surface area is 35.6 Å². The Bertz CT molecular complexity index is 49.6. The van der Waals surface area contributed by atoms with E-state index < -0.39 is 0 Å². The fourth-order valence-corrected chi connectivity index (χ4v) is 0.424. The summed E-state index contributed by atoms with van der Waals surface area (Å²) in [7, 11) is 3.17. The van der Waals surface area contributed by atoms with E-state index in [1.54, 1.807) is 5.82 Å². The minimum atomic E-state index is 0.932. The van der Waals surface area contributed by atoms with Crippen molar-refractivity contribution in [2.75, 3.05) is 0 Å². The summed E-state index contributed by atoms with van der Waals surface area (Å²) < 4.78 is 3.62. The highest BCUT2D eigenvalue weighted by atomic mass is 31.1. The van der Waals surface area contributed by atoms with Crippen molar-refractivity contribution in [1.82, 2.24) is 0 Å². The molecule has 0 radical (unpaired) electrons. The molecule has 0 aliphatic carbocycles. The standard InChI is InChI=1S/C2H5NP2/c1-2-5-3-4/h2H,1,4H2. The Hall–Kier alpha value is 0.270. The van der Waals surface area contributed by atoms with E-state index in [-0.39, 0.29) is 0 Å². The predicted molar refractivity (Wildman–Crippen MR) is 29.3 cm³/mol. The van der Waals surface area contributed by atoms with Gasteiger partial charge in [0, 0.05) is 8.37 Å². The number of hydrogen-bond acceptors (Lipinski definition) is 1. The summed E-state index contributed by atoms with van der Waals surface area (Å²) in [6.45, 7) is 3.43. The molecule has 0 aromatic heterocycles. The third-order valence-electron chi connectivity index (χ3n) is 0.148. The van der Waals surface area contributed by atoms with Gasteiger partial charge in [-0.25, -0.2) is 4.52 Å². The normalized spacial score (nSPS) is 9.00. The summed E-state index contributed by atoms with van der Waals surface area (Å²) >= 11 is 0. The zero-order valence-corrected chi connectivity index (χ0v) is 4.81. The van der Waals surface area contributed by atoms with Gasteiger partial charge in [-0.3, -0.25) is 0 Å². The molecule has 0 fully saturated rings. The molecule has 0 aliphatic heterocycles. The molecule has 0 amide bonds. The second kappa shape index (κ2) is 4.27. The van der Waals surface area contributed by atoms with Crippen molar-refractivity contribution < 1.29 is 0 Å². The van der Waals surface area contributed by atoms with Gasteiger partial charge < -0.3 is 0 Å². The highest BCUT2D eigenvalue weighted by molar-refractivity contribution is 7.37. The van der Waals surface area contributed by atoms with Crippen LogP contribution in [-0.4, -0.2) is 0 Å². The topological polar surface area (TPSA) is 12.4 Å². The van der Waals surface area contributed by atoms with Gasteiger partial charge in [0.2, 0.25) is 0 Å². The molecule has 1 nitrogen and oxygen atoms in total. The number of nitrogens with zero attached hydrogens (tertiary/aromatic N) is 1. The SMILES string of the molecule is C=CP=NP. The molecule has 3 heteroatoms. The van der Waals surface area contributed by atoms with E-state index in [9.17, 15) is 0 Å². The number of rotatable bonds is 1.